The van der Waals surface area contributed by atoms with E-state index in [4.69, 9.17) is 27.9 Å². The summed E-state index contributed by atoms with van der Waals surface area (Å²) in [4.78, 5) is 0. The molecule has 0 aliphatic carbocycles. The molecule has 0 saturated heterocycles. The van der Waals surface area contributed by atoms with Gasteiger partial charge in [-0.3, -0.25) is 0 Å². The van der Waals surface area contributed by atoms with E-state index in [0.29, 0.717) is 11.6 Å². The van der Waals surface area contributed by atoms with E-state index in [-0.39, 0.29) is 0 Å². The van der Waals surface area contributed by atoms with Gasteiger partial charge in [-0.1, -0.05) is 23.2 Å². The van der Waals surface area contributed by atoms with Gasteiger partial charge in [-0.15, -0.1) is 0 Å². The number of nitrogens with one attached hydrogen (secondary N) is 1. The van der Waals surface area contributed by atoms with E-state index in [1.165, 1.54) is 0 Å². The van der Waals surface area contributed by atoms with Crippen LogP contribution in [0.5, 0.6) is 11.5 Å². The minimum Gasteiger partial charge on any atom is -0.457 e. The molecule has 0 atom stereocenters. The predicted molar refractivity (Wildman–Crippen MR) is 85.2 cm³/mol. The highest BCUT2D eigenvalue weighted by Gasteiger charge is 2.08. The van der Waals surface area contributed by atoms with E-state index in [1.807, 2.05) is 51.2 Å². The Kier molecular flexibility index (Phi) is 4.92. The van der Waals surface area contributed by atoms with E-state index in [1.54, 1.807) is 0 Å². The van der Waals surface area contributed by atoms with Crippen LogP contribution in [0.1, 0.15) is 16.7 Å². The molecule has 0 heterocycles. The van der Waals surface area contributed by atoms with Crippen molar-refractivity contribution in [2.24, 2.45) is 0 Å². The van der Waals surface area contributed by atoms with Crippen LogP contribution in [0.25, 0.3) is 0 Å². The van der Waals surface area contributed by atoms with E-state index in [2.05, 4.69) is 5.32 Å². The third-order valence-corrected chi connectivity index (χ3v) is 3.86. The zero-order valence-electron chi connectivity index (χ0n) is 11.8. The van der Waals surface area contributed by atoms with Gasteiger partial charge in [-0.2, -0.15) is 0 Å². The third-order valence-electron chi connectivity index (χ3n) is 3.03. The molecule has 0 bridgehead atoms. The van der Waals surface area contributed by atoms with Crippen LogP contribution >= 0.6 is 23.2 Å². The van der Waals surface area contributed by atoms with Crippen molar-refractivity contribution in [2.45, 2.75) is 20.4 Å². The Morgan fingerprint density at radius 1 is 1.05 bits per heavy atom. The van der Waals surface area contributed by atoms with Gasteiger partial charge in [0.05, 0.1) is 0 Å². The van der Waals surface area contributed by atoms with Gasteiger partial charge in [0.25, 0.3) is 0 Å². The summed E-state index contributed by atoms with van der Waals surface area (Å²) in [6.45, 7) is 4.64. The Morgan fingerprint density at radius 2 is 1.70 bits per heavy atom. The second kappa shape index (κ2) is 6.49. The van der Waals surface area contributed by atoms with Gasteiger partial charge in [-0.25, -0.2) is 0 Å². The van der Waals surface area contributed by atoms with Crippen molar-refractivity contribution in [3.05, 3.63) is 57.1 Å². The van der Waals surface area contributed by atoms with Crippen LogP contribution in [0.2, 0.25) is 10.0 Å². The van der Waals surface area contributed by atoms with Gasteiger partial charge >= 0.3 is 0 Å². The van der Waals surface area contributed by atoms with Gasteiger partial charge in [0.2, 0.25) is 0 Å². The Labute approximate surface area is 129 Å². The van der Waals surface area contributed by atoms with E-state index in [9.17, 15) is 0 Å². The minimum atomic E-state index is 0.696. The number of rotatable bonds is 4. The summed E-state index contributed by atoms with van der Waals surface area (Å²) in [5, 5.41) is 4.59. The van der Waals surface area contributed by atoms with Crippen molar-refractivity contribution < 1.29 is 4.74 Å². The van der Waals surface area contributed by atoms with Crippen LogP contribution in [0.3, 0.4) is 0 Å². The van der Waals surface area contributed by atoms with Crippen LogP contribution in [0.15, 0.2) is 30.3 Å². The number of ether oxygens (including phenoxy) is 1. The lowest BCUT2D eigenvalue weighted by molar-refractivity contribution is 0.473. The van der Waals surface area contributed by atoms with Gasteiger partial charge in [0, 0.05) is 22.2 Å². The molecule has 0 unspecified atom stereocenters. The fourth-order valence-electron chi connectivity index (χ4n) is 2.07. The first-order valence-electron chi connectivity index (χ1n) is 6.39. The topological polar surface area (TPSA) is 21.3 Å². The summed E-state index contributed by atoms with van der Waals surface area (Å²) in [6.07, 6.45) is 0. The van der Waals surface area contributed by atoms with E-state index < -0.39 is 0 Å². The molecular formula is C16H17Cl2NO. The largest absolute Gasteiger partial charge is 0.457 e. The second-order valence-electron chi connectivity index (χ2n) is 4.76. The molecule has 0 spiro atoms. The SMILES string of the molecule is CNCc1cc(Cl)ccc1Oc1cc(C)c(Cl)c(C)c1. The molecule has 0 fully saturated rings. The monoisotopic (exact) mass is 309 g/mol. The molecule has 2 rings (SSSR count). The summed E-state index contributed by atoms with van der Waals surface area (Å²) in [5.74, 6) is 1.58. The third kappa shape index (κ3) is 3.45. The highest BCUT2D eigenvalue weighted by atomic mass is 35.5. The maximum absolute atomic E-state index is 6.17. The molecule has 0 aliphatic rings. The van der Waals surface area contributed by atoms with Crippen LogP contribution in [0, 0.1) is 13.8 Å². The molecule has 0 aromatic heterocycles. The van der Waals surface area contributed by atoms with Crippen LogP contribution in [-0.2, 0) is 6.54 Å². The number of hydrogen-bond acceptors (Lipinski definition) is 2. The van der Waals surface area contributed by atoms with Crippen molar-refractivity contribution in [3.63, 3.8) is 0 Å². The van der Waals surface area contributed by atoms with Crippen molar-refractivity contribution in [1.82, 2.24) is 5.32 Å². The smallest absolute Gasteiger partial charge is 0.132 e. The first kappa shape index (κ1) is 15.2. The Bertz CT molecular complexity index is 603. The van der Waals surface area contributed by atoms with E-state index in [0.717, 1.165) is 33.2 Å². The maximum Gasteiger partial charge on any atom is 0.132 e. The lowest BCUT2D eigenvalue weighted by Crippen LogP contribution is -2.06. The molecular weight excluding hydrogens is 293 g/mol. The molecule has 2 aromatic rings. The standard InChI is InChI=1S/C16H17Cl2NO/c1-10-6-14(7-11(2)16(10)18)20-15-5-4-13(17)8-12(15)9-19-3/h4-8,19H,9H2,1-3H3. The summed E-state index contributed by atoms with van der Waals surface area (Å²) in [6, 6.07) is 9.49. The molecule has 2 nitrogen and oxygen atoms in total. The summed E-state index contributed by atoms with van der Waals surface area (Å²) in [5.41, 5.74) is 3.03. The van der Waals surface area contributed by atoms with Crippen LogP contribution in [0.4, 0.5) is 0 Å². The van der Waals surface area contributed by atoms with Crippen molar-refractivity contribution >= 4 is 23.2 Å². The second-order valence-corrected chi connectivity index (χ2v) is 5.57. The quantitative estimate of drug-likeness (QED) is 0.846. The fraction of sp³-hybridized carbons (Fsp3) is 0.250. The molecule has 106 valence electrons. The maximum atomic E-state index is 6.17. The highest BCUT2D eigenvalue weighted by molar-refractivity contribution is 6.32. The lowest BCUT2D eigenvalue weighted by atomic mass is 10.1. The predicted octanol–water partition coefficient (Wildman–Crippen LogP) is 5.12. The first-order valence-corrected chi connectivity index (χ1v) is 7.14. The van der Waals surface area contributed by atoms with Gasteiger partial charge in [0.15, 0.2) is 0 Å². The average Bonchev–Trinajstić information content (AvgIpc) is 2.39. The van der Waals surface area contributed by atoms with Crippen molar-refractivity contribution in [1.29, 1.82) is 0 Å². The Hall–Kier alpha value is -1.22. The fourth-order valence-corrected chi connectivity index (χ4v) is 2.37. The normalized spacial score (nSPS) is 10.7. The van der Waals surface area contributed by atoms with Gasteiger partial charge in [-0.05, 0) is 62.4 Å². The van der Waals surface area contributed by atoms with Crippen molar-refractivity contribution in [2.75, 3.05) is 7.05 Å². The average molecular weight is 310 g/mol. The number of hydrogen-bond donors (Lipinski definition) is 1. The molecule has 4 heteroatoms. The lowest BCUT2D eigenvalue weighted by Gasteiger charge is -2.13. The molecule has 1 N–H and O–H groups in total. The van der Waals surface area contributed by atoms with Crippen LogP contribution < -0.4 is 10.1 Å². The van der Waals surface area contributed by atoms with Gasteiger partial charge in [0.1, 0.15) is 11.5 Å². The summed E-state index contributed by atoms with van der Waals surface area (Å²) in [7, 11) is 1.89. The Balaban J connectivity index is 2.34. The molecule has 0 saturated carbocycles. The highest BCUT2D eigenvalue weighted by Crippen LogP contribution is 2.31. The van der Waals surface area contributed by atoms with Crippen molar-refractivity contribution in [3.8, 4) is 11.5 Å². The molecule has 0 aliphatic heterocycles. The van der Waals surface area contributed by atoms with Crippen LogP contribution in [-0.4, -0.2) is 7.05 Å². The molecule has 0 amide bonds. The zero-order valence-corrected chi connectivity index (χ0v) is 13.3. The molecule has 0 radical (unpaired) electrons. The Morgan fingerprint density at radius 3 is 2.30 bits per heavy atom. The first-order chi connectivity index (χ1) is 9.51. The molecule has 2 aromatic carbocycles. The zero-order chi connectivity index (χ0) is 14.7. The summed E-state index contributed by atoms with van der Waals surface area (Å²) < 4.78 is 5.98. The van der Waals surface area contributed by atoms with Gasteiger partial charge < -0.3 is 10.1 Å². The summed E-state index contributed by atoms with van der Waals surface area (Å²) >= 11 is 12.2. The number of aryl methyl sites for hydroxylation is 2. The molecule has 20 heavy (non-hydrogen) atoms. The van der Waals surface area contributed by atoms with E-state index >= 15 is 0 Å². The number of benzene rings is 2. The minimum absolute atomic E-state index is 0.696. The number of halogens is 2.